The third-order valence-corrected chi connectivity index (χ3v) is 4.50. The molecule has 2 aromatic heterocycles. The molecule has 128 valence electrons. The van der Waals surface area contributed by atoms with Gasteiger partial charge in [0.15, 0.2) is 0 Å². The lowest BCUT2D eigenvalue weighted by atomic mass is 9.97. The minimum absolute atomic E-state index is 0.201. The van der Waals surface area contributed by atoms with Gasteiger partial charge in [-0.15, -0.1) is 10.2 Å². The Hall–Kier alpha value is -2.60. The summed E-state index contributed by atoms with van der Waals surface area (Å²) in [6.45, 7) is 2.69. The summed E-state index contributed by atoms with van der Waals surface area (Å²) in [5.74, 6) is 1.16. The number of benzene rings is 1. The molecule has 0 bridgehead atoms. The van der Waals surface area contributed by atoms with E-state index in [0.29, 0.717) is 17.5 Å². The molecule has 0 unspecified atom stereocenters. The lowest BCUT2D eigenvalue weighted by Gasteiger charge is -2.31. The summed E-state index contributed by atoms with van der Waals surface area (Å²) in [4.78, 5) is 6.60. The van der Waals surface area contributed by atoms with E-state index in [2.05, 4.69) is 20.1 Å². The number of aromatic nitrogens is 3. The van der Waals surface area contributed by atoms with Gasteiger partial charge in [0.1, 0.15) is 11.5 Å². The fraction of sp³-hybridized carbons (Fsp3) is 0.316. The molecule has 25 heavy (non-hydrogen) atoms. The summed E-state index contributed by atoms with van der Waals surface area (Å²) in [5, 5.41) is 8.38. The number of piperidine rings is 1. The van der Waals surface area contributed by atoms with E-state index >= 15 is 0 Å². The second kappa shape index (κ2) is 7.11. The summed E-state index contributed by atoms with van der Waals surface area (Å²) in [6.07, 6.45) is 3.82. The second-order valence-electron chi connectivity index (χ2n) is 6.36. The molecule has 1 saturated heterocycles. The summed E-state index contributed by atoms with van der Waals surface area (Å²) >= 11 is 0. The monoisotopic (exact) mass is 338 g/mol. The SMILES string of the molecule is Fc1ccc(CN2CCC[C@H](c3nnc(-c4ccccn4)o3)C2)cc1. The highest BCUT2D eigenvalue weighted by Crippen LogP contribution is 2.28. The van der Waals surface area contributed by atoms with Crippen molar-refractivity contribution in [1.29, 1.82) is 0 Å². The van der Waals surface area contributed by atoms with Gasteiger partial charge in [-0.3, -0.25) is 9.88 Å². The van der Waals surface area contributed by atoms with Crippen LogP contribution in [0.3, 0.4) is 0 Å². The van der Waals surface area contributed by atoms with Gasteiger partial charge in [0.25, 0.3) is 5.89 Å². The van der Waals surface area contributed by atoms with Crippen LogP contribution in [-0.4, -0.2) is 33.2 Å². The van der Waals surface area contributed by atoms with Crippen molar-refractivity contribution >= 4 is 0 Å². The lowest BCUT2D eigenvalue weighted by Crippen LogP contribution is -2.34. The first-order chi connectivity index (χ1) is 12.3. The van der Waals surface area contributed by atoms with E-state index in [1.807, 2.05) is 30.3 Å². The largest absolute Gasteiger partial charge is 0.419 e. The zero-order chi connectivity index (χ0) is 17.1. The van der Waals surface area contributed by atoms with Crippen molar-refractivity contribution in [2.24, 2.45) is 0 Å². The van der Waals surface area contributed by atoms with Crippen LogP contribution in [0.4, 0.5) is 4.39 Å². The average Bonchev–Trinajstić information content (AvgIpc) is 3.15. The standard InChI is InChI=1S/C19H19FN4O/c20-16-8-6-14(7-9-16)12-24-11-3-4-15(13-24)18-22-23-19(25-18)17-5-1-2-10-21-17/h1-2,5-10,15H,3-4,11-13H2/t15-/m0/s1. The third kappa shape index (κ3) is 3.74. The van der Waals surface area contributed by atoms with E-state index in [9.17, 15) is 4.39 Å². The van der Waals surface area contributed by atoms with Crippen LogP contribution in [-0.2, 0) is 6.54 Å². The van der Waals surface area contributed by atoms with Crippen molar-refractivity contribution in [3.8, 4) is 11.6 Å². The van der Waals surface area contributed by atoms with Gasteiger partial charge in [-0.25, -0.2) is 4.39 Å². The van der Waals surface area contributed by atoms with Gasteiger partial charge in [-0.05, 0) is 49.2 Å². The number of likely N-dealkylation sites (tertiary alicyclic amines) is 1. The van der Waals surface area contributed by atoms with Crippen LogP contribution in [0.5, 0.6) is 0 Å². The first kappa shape index (κ1) is 15.9. The highest BCUT2D eigenvalue weighted by Gasteiger charge is 2.26. The molecule has 1 fully saturated rings. The summed E-state index contributed by atoms with van der Waals surface area (Å²) in [7, 11) is 0. The van der Waals surface area contributed by atoms with Gasteiger partial charge in [-0.1, -0.05) is 18.2 Å². The van der Waals surface area contributed by atoms with E-state index in [1.165, 1.54) is 12.1 Å². The van der Waals surface area contributed by atoms with Crippen LogP contribution in [0, 0.1) is 5.82 Å². The first-order valence-corrected chi connectivity index (χ1v) is 8.49. The molecule has 0 amide bonds. The second-order valence-corrected chi connectivity index (χ2v) is 6.36. The molecular formula is C19H19FN4O. The Labute approximate surface area is 145 Å². The van der Waals surface area contributed by atoms with Crippen molar-refractivity contribution in [2.75, 3.05) is 13.1 Å². The number of nitrogens with zero attached hydrogens (tertiary/aromatic N) is 4. The number of rotatable bonds is 4. The van der Waals surface area contributed by atoms with Gasteiger partial charge in [-0.2, -0.15) is 0 Å². The Balaban J connectivity index is 1.44. The quantitative estimate of drug-likeness (QED) is 0.727. The summed E-state index contributed by atoms with van der Waals surface area (Å²) in [5.41, 5.74) is 1.81. The summed E-state index contributed by atoms with van der Waals surface area (Å²) in [6, 6.07) is 12.3. The van der Waals surface area contributed by atoms with Gasteiger partial charge in [0.2, 0.25) is 5.89 Å². The maximum absolute atomic E-state index is 13.0. The van der Waals surface area contributed by atoms with Crippen molar-refractivity contribution in [2.45, 2.75) is 25.3 Å². The Bertz CT molecular complexity index is 819. The normalized spacial score (nSPS) is 18.4. The Morgan fingerprint density at radius 1 is 1.12 bits per heavy atom. The van der Waals surface area contributed by atoms with E-state index in [0.717, 1.165) is 38.0 Å². The van der Waals surface area contributed by atoms with Crippen LogP contribution in [0.15, 0.2) is 53.1 Å². The molecule has 1 aromatic carbocycles. The van der Waals surface area contributed by atoms with Gasteiger partial charge in [0, 0.05) is 19.3 Å². The molecule has 0 aliphatic carbocycles. The zero-order valence-electron chi connectivity index (χ0n) is 13.8. The van der Waals surface area contributed by atoms with Crippen molar-refractivity contribution in [1.82, 2.24) is 20.1 Å². The third-order valence-electron chi connectivity index (χ3n) is 4.50. The van der Waals surface area contributed by atoms with Gasteiger partial charge >= 0.3 is 0 Å². The van der Waals surface area contributed by atoms with Crippen LogP contribution in [0.2, 0.25) is 0 Å². The highest BCUT2D eigenvalue weighted by atomic mass is 19.1. The molecule has 0 spiro atoms. The fourth-order valence-electron chi connectivity index (χ4n) is 3.24. The predicted molar refractivity (Wildman–Crippen MR) is 91.2 cm³/mol. The minimum atomic E-state index is -0.201. The highest BCUT2D eigenvalue weighted by molar-refractivity contribution is 5.45. The topological polar surface area (TPSA) is 55.1 Å². The Morgan fingerprint density at radius 3 is 2.80 bits per heavy atom. The van der Waals surface area contributed by atoms with Crippen molar-refractivity contribution in [3.63, 3.8) is 0 Å². The van der Waals surface area contributed by atoms with Gasteiger partial charge in [0.05, 0.1) is 5.92 Å². The van der Waals surface area contributed by atoms with E-state index in [4.69, 9.17) is 4.42 Å². The predicted octanol–water partition coefficient (Wildman–Crippen LogP) is 3.65. The van der Waals surface area contributed by atoms with E-state index in [-0.39, 0.29) is 11.7 Å². The molecule has 3 aromatic rings. The lowest BCUT2D eigenvalue weighted by molar-refractivity contribution is 0.186. The molecule has 0 radical (unpaired) electrons. The Morgan fingerprint density at radius 2 is 2.00 bits per heavy atom. The van der Waals surface area contributed by atoms with Crippen LogP contribution in [0.25, 0.3) is 11.6 Å². The molecule has 3 heterocycles. The number of pyridine rings is 1. The van der Waals surface area contributed by atoms with Crippen LogP contribution < -0.4 is 0 Å². The van der Waals surface area contributed by atoms with E-state index < -0.39 is 0 Å². The maximum atomic E-state index is 13.0. The Kier molecular flexibility index (Phi) is 4.52. The fourth-order valence-corrected chi connectivity index (χ4v) is 3.24. The summed E-state index contributed by atoms with van der Waals surface area (Å²) < 4.78 is 18.9. The smallest absolute Gasteiger partial charge is 0.266 e. The average molecular weight is 338 g/mol. The molecule has 0 N–H and O–H groups in total. The minimum Gasteiger partial charge on any atom is -0.419 e. The van der Waals surface area contributed by atoms with Crippen molar-refractivity contribution in [3.05, 3.63) is 65.9 Å². The van der Waals surface area contributed by atoms with Gasteiger partial charge < -0.3 is 4.42 Å². The maximum Gasteiger partial charge on any atom is 0.266 e. The number of hydrogen-bond donors (Lipinski definition) is 0. The first-order valence-electron chi connectivity index (χ1n) is 8.49. The zero-order valence-corrected chi connectivity index (χ0v) is 13.8. The molecule has 5 nitrogen and oxygen atoms in total. The molecular weight excluding hydrogens is 319 g/mol. The molecule has 6 heteroatoms. The van der Waals surface area contributed by atoms with Crippen molar-refractivity contribution < 1.29 is 8.81 Å². The van der Waals surface area contributed by atoms with E-state index in [1.54, 1.807) is 6.20 Å². The van der Waals surface area contributed by atoms with Crippen LogP contribution >= 0.6 is 0 Å². The number of hydrogen-bond acceptors (Lipinski definition) is 5. The molecule has 1 aliphatic rings. The number of halogens is 1. The van der Waals surface area contributed by atoms with Crippen LogP contribution in [0.1, 0.15) is 30.2 Å². The molecule has 0 saturated carbocycles. The molecule has 4 rings (SSSR count). The molecule has 1 aliphatic heterocycles. The molecule has 1 atom stereocenters.